The van der Waals surface area contributed by atoms with Crippen LogP contribution in [0, 0.1) is 22.9 Å². The summed E-state index contributed by atoms with van der Waals surface area (Å²) >= 11 is 0.947. The number of hydrogen-bond acceptors (Lipinski definition) is 9. The average molecular weight is 426 g/mol. The maximum atomic E-state index is 13.6. The third-order valence-corrected chi connectivity index (χ3v) is 4.05. The van der Waals surface area contributed by atoms with Crippen molar-refractivity contribution in [3.63, 3.8) is 0 Å². The number of nitrogens with zero attached hydrogens (tertiary/aromatic N) is 2. The zero-order valence-electron chi connectivity index (χ0n) is 15.0. The number of aryl methyl sites for hydroxylation is 1. The second-order valence-corrected chi connectivity index (χ2v) is 6.48. The summed E-state index contributed by atoms with van der Waals surface area (Å²) in [5, 5.41) is 18.8. The van der Waals surface area contributed by atoms with Crippen molar-refractivity contribution >= 4 is 46.7 Å². The van der Waals surface area contributed by atoms with Crippen molar-refractivity contribution in [2.24, 2.45) is 0 Å². The molecule has 2 N–H and O–H groups in total. The lowest BCUT2D eigenvalue weighted by Crippen LogP contribution is -2.22. The van der Waals surface area contributed by atoms with Crippen molar-refractivity contribution in [2.75, 3.05) is 28.7 Å². The van der Waals surface area contributed by atoms with Crippen molar-refractivity contribution in [1.29, 1.82) is 0 Å². The lowest BCUT2D eigenvalue weighted by molar-refractivity contribution is -0.384. The Balaban J connectivity index is 1.69. The van der Waals surface area contributed by atoms with Crippen LogP contribution in [0.3, 0.4) is 0 Å². The van der Waals surface area contributed by atoms with Crippen molar-refractivity contribution in [3.05, 3.63) is 46.0 Å². The van der Waals surface area contributed by atoms with E-state index in [2.05, 4.69) is 15.8 Å². The molecule has 2 rings (SSSR count). The molecule has 0 unspecified atom stereocenters. The standard InChI is InChI=1S/C16H15FN4O7S/c1-9-4-13(20-28-9)19-15(23)7-29-8-16(24)27-6-14(22)18-12-5-10(21(25)26)2-3-11(12)17/h2-5H,6-8H2,1H3,(H,18,22)(H,19,20,23). The topological polar surface area (TPSA) is 154 Å². The van der Waals surface area contributed by atoms with Crippen LogP contribution in [0.2, 0.25) is 0 Å². The second kappa shape index (κ2) is 10.2. The summed E-state index contributed by atoms with van der Waals surface area (Å²) in [4.78, 5) is 44.9. The quantitative estimate of drug-likeness (QED) is 0.347. The first-order valence-corrected chi connectivity index (χ1v) is 9.10. The van der Waals surface area contributed by atoms with Gasteiger partial charge in [0.2, 0.25) is 5.91 Å². The Labute approximate surface area is 167 Å². The molecule has 0 saturated heterocycles. The molecule has 0 aliphatic rings. The highest BCUT2D eigenvalue weighted by molar-refractivity contribution is 8.00. The van der Waals surface area contributed by atoms with Crippen molar-refractivity contribution < 1.29 is 33.0 Å². The summed E-state index contributed by atoms with van der Waals surface area (Å²) in [6, 6.07) is 4.16. The molecule has 0 saturated carbocycles. The summed E-state index contributed by atoms with van der Waals surface area (Å²) in [6.45, 7) is 0.947. The van der Waals surface area contributed by atoms with Gasteiger partial charge >= 0.3 is 5.97 Å². The fourth-order valence-electron chi connectivity index (χ4n) is 1.93. The van der Waals surface area contributed by atoms with Gasteiger partial charge in [0.05, 0.1) is 22.1 Å². The molecule has 0 bridgehead atoms. The number of carbonyl (C=O) groups excluding carboxylic acids is 3. The smallest absolute Gasteiger partial charge is 0.316 e. The minimum Gasteiger partial charge on any atom is -0.455 e. The number of halogens is 1. The predicted molar refractivity (Wildman–Crippen MR) is 99.8 cm³/mol. The van der Waals surface area contributed by atoms with Gasteiger partial charge in [-0.25, -0.2) is 4.39 Å². The Bertz CT molecular complexity index is 934. The molecular weight excluding hydrogens is 411 g/mol. The minimum atomic E-state index is -0.876. The van der Waals surface area contributed by atoms with Gasteiger partial charge in [-0.2, -0.15) is 0 Å². The molecule has 1 aromatic carbocycles. The molecule has 1 aromatic heterocycles. The maximum absolute atomic E-state index is 13.6. The number of rotatable bonds is 9. The second-order valence-electron chi connectivity index (χ2n) is 5.49. The molecule has 0 atom stereocenters. The van der Waals surface area contributed by atoms with E-state index in [1.54, 1.807) is 6.92 Å². The largest absolute Gasteiger partial charge is 0.455 e. The normalized spacial score (nSPS) is 10.3. The number of benzene rings is 1. The SMILES string of the molecule is Cc1cc(NC(=O)CSCC(=O)OCC(=O)Nc2cc([N+](=O)[O-])ccc2F)no1. The number of nitro benzene ring substituents is 1. The van der Waals surface area contributed by atoms with Crippen molar-refractivity contribution in [3.8, 4) is 0 Å². The molecule has 11 nitrogen and oxygen atoms in total. The molecule has 0 aliphatic heterocycles. The van der Waals surface area contributed by atoms with Crippen LogP contribution in [0.4, 0.5) is 21.6 Å². The van der Waals surface area contributed by atoms with E-state index in [-0.39, 0.29) is 17.3 Å². The van der Waals surface area contributed by atoms with Crippen LogP contribution in [0.5, 0.6) is 0 Å². The van der Waals surface area contributed by atoms with Gasteiger partial charge in [-0.15, -0.1) is 11.8 Å². The van der Waals surface area contributed by atoms with Crippen LogP contribution < -0.4 is 10.6 Å². The number of esters is 1. The Morgan fingerprint density at radius 3 is 2.66 bits per heavy atom. The van der Waals surface area contributed by atoms with E-state index in [0.717, 1.165) is 30.0 Å². The van der Waals surface area contributed by atoms with E-state index in [1.165, 1.54) is 6.07 Å². The Hall–Kier alpha value is -3.48. The van der Waals surface area contributed by atoms with Crippen LogP contribution in [-0.4, -0.2) is 46.0 Å². The average Bonchev–Trinajstić information content (AvgIpc) is 3.06. The van der Waals surface area contributed by atoms with Gasteiger partial charge in [0, 0.05) is 18.2 Å². The number of hydrogen-bond donors (Lipinski definition) is 2. The van der Waals surface area contributed by atoms with Gasteiger partial charge in [-0.3, -0.25) is 24.5 Å². The number of nitrogens with one attached hydrogen (secondary N) is 2. The summed E-state index contributed by atoms with van der Waals surface area (Å²) in [6.07, 6.45) is 0. The van der Waals surface area contributed by atoms with E-state index in [9.17, 15) is 28.9 Å². The highest BCUT2D eigenvalue weighted by Gasteiger charge is 2.15. The Morgan fingerprint density at radius 2 is 2.00 bits per heavy atom. The minimum absolute atomic E-state index is 0.0634. The fraction of sp³-hybridized carbons (Fsp3) is 0.250. The van der Waals surface area contributed by atoms with Crippen LogP contribution in [-0.2, 0) is 19.1 Å². The highest BCUT2D eigenvalue weighted by atomic mass is 32.2. The molecule has 1 heterocycles. The lowest BCUT2D eigenvalue weighted by atomic mass is 10.2. The van der Waals surface area contributed by atoms with E-state index in [1.807, 2.05) is 0 Å². The van der Waals surface area contributed by atoms with Crippen LogP contribution in [0.25, 0.3) is 0 Å². The van der Waals surface area contributed by atoms with Crippen LogP contribution in [0.1, 0.15) is 5.76 Å². The summed E-state index contributed by atoms with van der Waals surface area (Å²) in [7, 11) is 0. The van der Waals surface area contributed by atoms with Crippen molar-refractivity contribution in [2.45, 2.75) is 6.92 Å². The van der Waals surface area contributed by atoms with E-state index in [0.29, 0.717) is 5.76 Å². The first kappa shape index (κ1) is 21.8. The van der Waals surface area contributed by atoms with E-state index in [4.69, 9.17) is 9.26 Å². The summed E-state index contributed by atoms with van der Waals surface area (Å²) in [5.41, 5.74) is -0.816. The number of ether oxygens (including phenoxy) is 1. The van der Waals surface area contributed by atoms with Crippen molar-refractivity contribution in [1.82, 2.24) is 5.16 Å². The number of anilines is 2. The fourth-order valence-corrected chi connectivity index (χ4v) is 2.54. The molecule has 29 heavy (non-hydrogen) atoms. The molecule has 2 aromatic rings. The molecule has 2 amide bonds. The molecule has 0 fully saturated rings. The van der Waals surface area contributed by atoms with Gasteiger partial charge in [0.25, 0.3) is 11.6 Å². The van der Waals surface area contributed by atoms with Gasteiger partial charge in [-0.05, 0) is 13.0 Å². The summed E-state index contributed by atoms with van der Waals surface area (Å²) < 4.78 is 23.1. The lowest BCUT2D eigenvalue weighted by Gasteiger charge is -2.07. The highest BCUT2D eigenvalue weighted by Crippen LogP contribution is 2.21. The monoisotopic (exact) mass is 426 g/mol. The zero-order valence-corrected chi connectivity index (χ0v) is 15.8. The van der Waals surface area contributed by atoms with Crippen LogP contribution >= 0.6 is 11.8 Å². The third kappa shape index (κ3) is 7.21. The summed E-state index contributed by atoms with van der Waals surface area (Å²) in [5.74, 6) is -2.41. The molecular formula is C16H15FN4O7S. The number of non-ortho nitro benzene ring substituents is 1. The van der Waals surface area contributed by atoms with Gasteiger partial charge in [-0.1, -0.05) is 5.16 Å². The van der Waals surface area contributed by atoms with Gasteiger partial charge in [0.1, 0.15) is 11.6 Å². The van der Waals surface area contributed by atoms with Gasteiger partial charge in [0.15, 0.2) is 12.4 Å². The number of amides is 2. The number of nitro groups is 1. The van der Waals surface area contributed by atoms with E-state index < -0.39 is 46.5 Å². The molecule has 0 spiro atoms. The third-order valence-electron chi connectivity index (χ3n) is 3.15. The van der Waals surface area contributed by atoms with E-state index >= 15 is 0 Å². The number of thioether (sulfide) groups is 1. The Kier molecular flexibility index (Phi) is 7.65. The first-order chi connectivity index (χ1) is 13.7. The number of carbonyl (C=O) groups is 3. The van der Waals surface area contributed by atoms with Crippen LogP contribution in [0.15, 0.2) is 28.8 Å². The number of aromatic nitrogens is 1. The molecule has 154 valence electrons. The maximum Gasteiger partial charge on any atom is 0.316 e. The molecule has 13 heteroatoms. The Morgan fingerprint density at radius 1 is 1.24 bits per heavy atom. The predicted octanol–water partition coefficient (Wildman–Crippen LogP) is 1.88. The molecule has 0 aliphatic carbocycles. The first-order valence-electron chi connectivity index (χ1n) is 7.95. The zero-order chi connectivity index (χ0) is 21.4. The molecule has 0 radical (unpaired) electrons. The van der Waals surface area contributed by atoms with Gasteiger partial charge < -0.3 is 19.9 Å².